The van der Waals surface area contributed by atoms with Gasteiger partial charge >= 0.3 is 0 Å². The fraction of sp³-hybridized carbons (Fsp3) is 0.182. The summed E-state index contributed by atoms with van der Waals surface area (Å²) < 4.78 is 61.2. The third kappa shape index (κ3) is 5.92. The lowest BCUT2D eigenvalue weighted by Crippen LogP contribution is -2.15. The van der Waals surface area contributed by atoms with Crippen LogP contribution in [0.1, 0.15) is 25.3 Å². The molecule has 0 atom stereocenters. The molecule has 0 bridgehead atoms. The fourth-order valence-corrected chi connectivity index (χ4v) is 5.71. The summed E-state index contributed by atoms with van der Waals surface area (Å²) in [5.41, 5.74) is 1.14. The predicted octanol–water partition coefficient (Wildman–Crippen LogP) is 5.73. The molecule has 3 rings (SSSR count). The first kappa shape index (κ1) is 25.2. The Kier molecular flexibility index (Phi) is 7.48. The van der Waals surface area contributed by atoms with Crippen LogP contribution in [-0.4, -0.2) is 23.9 Å². The van der Waals surface area contributed by atoms with Gasteiger partial charge in [-0.3, -0.25) is 9.44 Å². The number of hydrogen-bond acceptors (Lipinski definition) is 5. The number of hydrogen-bond donors (Lipinski definition) is 2. The van der Waals surface area contributed by atoms with E-state index in [1.807, 2.05) is 13.8 Å². The van der Waals surface area contributed by atoms with Crippen LogP contribution >= 0.6 is 23.2 Å². The number of halogens is 2. The molecule has 0 aliphatic rings. The number of rotatable bonds is 8. The molecule has 11 heteroatoms. The molecule has 7 nitrogen and oxygen atoms in total. The summed E-state index contributed by atoms with van der Waals surface area (Å²) >= 11 is 11.9. The second-order valence-corrected chi connectivity index (χ2v) is 11.6. The highest BCUT2D eigenvalue weighted by molar-refractivity contribution is 7.93. The molecule has 0 aliphatic carbocycles. The summed E-state index contributed by atoms with van der Waals surface area (Å²) in [4.78, 5) is 0.00533. The second kappa shape index (κ2) is 9.80. The number of benzene rings is 3. The van der Waals surface area contributed by atoms with Gasteiger partial charge in [-0.1, -0.05) is 37.0 Å². The SMILES string of the molecule is COc1ccc(S(=O)(=O)Nc2ccc(S(=O)(=O)Nc3ccc(Cl)cc3Cl)cc2)cc1C(C)C. The largest absolute Gasteiger partial charge is 0.496 e. The Morgan fingerprint density at radius 3 is 1.97 bits per heavy atom. The second-order valence-electron chi connectivity index (χ2n) is 7.42. The van der Waals surface area contributed by atoms with Crippen molar-refractivity contribution in [3.8, 4) is 5.75 Å². The lowest BCUT2D eigenvalue weighted by molar-refractivity contribution is 0.407. The Bertz CT molecular complexity index is 1370. The predicted molar refractivity (Wildman–Crippen MR) is 132 cm³/mol. The first-order chi connectivity index (χ1) is 15.4. The molecule has 0 heterocycles. The zero-order valence-electron chi connectivity index (χ0n) is 18.0. The standard InChI is InChI=1S/C22H22Cl2N2O5S2/c1-14(2)19-13-18(9-11-22(19)31-3)33(29,30)25-16-5-7-17(8-6-16)32(27,28)26-21-10-4-15(23)12-20(21)24/h4-14,25-26H,1-3H3. The molecule has 0 spiro atoms. The normalized spacial score (nSPS) is 11.9. The molecule has 2 N–H and O–H groups in total. The zero-order valence-corrected chi connectivity index (χ0v) is 21.1. The van der Waals surface area contributed by atoms with Crippen LogP contribution in [0.2, 0.25) is 10.0 Å². The van der Waals surface area contributed by atoms with Crippen LogP contribution in [0.4, 0.5) is 11.4 Å². The molecule has 0 aliphatic heterocycles. The molecule has 3 aromatic rings. The van der Waals surface area contributed by atoms with Crippen molar-refractivity contribution in [3.05, 3.63) is 76.3 Å². The molecular formula is C22H22Cl2N2O5S2. The van der Waals surface area contributed by atoms with Crippen molar-refractivity contribution in [1.82, 2.24) is 0 Å². The van der Waals surface area contributed by atoms with E-state index in [9.17, 15) is 16.8 Å². The van der Waals surface area contributed by atoms with Gasteiger partial charge in [-0.2, -0.15) is 0 Å². The first-order valence-electron chi connectivity index (χ1n) is 9.71. The average Bonchev–Trinajstić information content (AvgIpc) is 2.75. The number of methoxy groups -OCH3 is 1. The van der Waals surface area contributed by atoms with Crippen LogP contribution in [0.15, 0.2) is 70.5 Å². The molecule has 3 aromatic carbocycles. The van der Waals surface area contributed by atoms with E-state index in [-0.39, 0.29) is 32.1 Å². The van der Waals surface area contributed by atoms with E-state index in [0.717, 1.165) is 5.56 Å². The van der Waals surface area contributed by atoms with Crippen molar-refractivity contribution in [2.45, 2.75) is 29.6 Å². The van der Waals surface area contributed by atoms with Crippen molar-refractivity contribution in [1.29, 1.82) is 0 Å². The highest BCUT2D eigenvalue weighted by atomic mass is 35.5. The number of nitrogens with one attached hydrogen (secondary N) is 2. The zero-order chi connectivity index (χ0) is 24.4. The van der Waals surface area contributed by atoms with Crippen molar-refractivity contribution in [2.75, 3.05) is 16.6 Å². The molecule has 0 aromatic heterocycles. The molecule has 0 saturated heterocycles. The van der Waals surface area contributed by atoms with Gasteiger partial charge in [-0.25, -0.2) is 16.8 Å². The topological polar surface area (TPSA) is 102 Å². The lowest BCUT2D eigenvalue weighted by atomic mass is 10.0. The lowest BCUT2D eigenvalue weighted by Gasteiger charge is -2.15. The van der Waals surface area contributed by atoms with Crippen LogP contribution in [-0.2, 0) is 20.0 Å². The Hall–Kier alpha value is -2.46. The van der Waals surface area contributed by atoms with Crippen molar-refractivity contribution in [2.24, 2.45) is 0 Å². The molecule has 0 saturated carbocycles. The van der Waals surface area contributed by atoms with E-state index >= 15 is 0 Å². The number of ether oxygens (including phenoxy) is 1. The van der Waals surface area contributed by atoms with Crippen LogP contribution in [0.3, 0.4) is 0 Å². The van der Waals surface area contributed by atoms with Crippen LogP contribution in [0.5, 0.6) is 5.75 Å². The van der Waals surface area contributed by atoms with E-state index in [0.29, 0.717) is 10.8 Å². The highest BCUT2D eigenvalue weighted by Crippen LogP contribution is 2.30. The van der Waals surface area contributed by atoms with Gasteiger partial charge in [0.15, 0.2) is 0 Å². The minimum Gasteiger partial charge on any atom is -0.496 e. The average molecular weight is 529 g/mol. The quantitative estimate of drug-likeness (QED) is 0.388. The Morgan fingerprint density at radius 1 is 0.788 bits per heavy atom. The summed E-state index contributed by atoms with van der Waals surface area (Å²) in [5, 5.41) is 0.521. The number of sulfonamides is 2. The van der Waals surface area contributed by atoms with Gasteiger partial charge in [-0.05, 0) is 72.1 Å². The minimum absolute atomic E-state index is 0.0567. The van der Waals surface area contributed by atoms with Gasteiger partial charge in [-0.15, -0.1) is 0 Å². The summed E-state index contributed by atoms with van der Waals surface area (Å²) in [6.07, 6.45) is 0. The highest BCUT2D eigenvalue weighted by Gasteiger charge is 2.20. The molecule has 33 heavy (non-hydrogen) atoms. The molecular weight excluding hydrogens is 507 g/mol. The van der Waals surface area contributed by atoms with Gasteiger partial charge < -0.3 is 4.74 Å². The summed E-state index contributed by atoms with van der Waals surface area (Å²) in [6, 6.07) is 14.3. The first-order valence-corrected chi connectivity index (χ1v) is 13.4. The Balaban J connectivity index is 1.82. The fourth-order valence-electron chi connectivity index (χ4n) is 3.02. The summed E-state index contributed by atoms with van der Waals surface area (Å²) in [6.45, 7) is 3.87. The molecule has 0 amide bonds. The number of anilines is 2. The van der Waals surface area contributed by atoms with Gasteiger partial charge in [0.25, 0.3) is 20.0 Å². The molecule has 0 unspecified atom stereocenters. The third-order valence-corrected chi connectivity index (χ3v) is 8.03. The van der Waals surface area contributed by atoms with Crippen LogP contribution < -0.4 is 14.2 Å². The Labute approximate surface area is 203 Å². The van der Waals surface area contributed by atoms with Crippen molar-refractivity contribution >= 4 is 54.6 Å². The smallest absolute Gasteiger partial charge is 0.261 e. The maximum absolute atomic E-state index is 12.9. The van der Waals surface area contributed by atoms with E-state index in [1.165, 1.54) is 55.6 Å². The Morgan fingerprint density at radius 2 is 1.39 bits per heavy atom. The van der Waals surface area contributed by atoms with Crippen molar-refractivity contribution < 1.29 is 21.6 Å². The van der Waals surface area contributed by atoms with Crippen LogP contribution in [0.25, 0.3) is 0 Å². The summed E-state index contributed by atoms with van der Waals surface area (Å²) in [5.74, 6) is 0.660. The van der Waals surface area contributed by atoms with E-state index in [2.05, 4.69) is 9.44 Å². The van der Waals surface area contributed by atoms with Crippen LogP contribution in [0, 0.1) is 0 Å². The monoisotopic (exact) mass is 528 g/mol. The maximum atomic E-state index is 12.9. The van der Waals surface area contributed by atoms with E-state index < -0.39 is 20.0 Å². The maximum Gasteiger partial charge on any atom is 0.261 e. The third-order valence-electron chi connectivity index (χ3n) is 4.73. The van der Waals surface area contributed by atoms with Gasteiger partial charge in [0.1, 0.15) is 5.75 Å². The van der Waals surface area contributed by atoms with Crippen molar-refractivity contribution in [3.63, 3.8) is 0 Å². The summed E-state index contributed by atoms with van der Waals surface area (Å²) in [7, 11) is -6.33. The minimum atomic E-state index is -3.95. The van der Waals surface area contributed by atoms with E-state index in [4.69, 9.17) is 27.9 Å². The van der Waals surface area contributed by atoms with Gasteiger partial charge in [0.05, 0.1) is 27.6 Å². The molecule has 0 fully saturated rings. The molecule has 0 radical (unpaired) electrons. The van der Waals surface area contributed by atoms with Gasteiger partial charge in [0, 0.05) is 10.7 Å². The van der Waals surface area contributed by atoms with Gasteiger partial charge in [0.2, 0.25) is 0 Å². The molecule has 176 valence electrons. The van der Waals surface area contributed by atoms with E-state index in [1.54, 1.807) is 12.1 Å².